The molecule has 0 unspecified atom stereocenters. The third-order valence-electron chi connectivity index (χ3n) is 3.02. The first-order chi connectivity index (χ1) is 9.97. The summed E-state index contributed by atoms with van der Waals surface area (Å²) >= 11 is 0. The Morgan fingerprint density at radius 3 is 2.57 bits per heavy atom. The Labute approximate surface area is 119 Å². The number of carbonyl (C=O) groups is 3. The van der Waals surface area contributed by atoms with Crippen LogP contribution in [-0.4, -0.2) is 28.9 Å². The molecule has 1 aromatic carbocycles. The minimum absolute atomic E-state index is 0.0686. The van der Waals surface area contributed by atoms with Crippen molar-refractivity contribution in [1.29, 1.82) is 0 Å². The minimum atomic E-state index is -1.66. The van der Waals surface area contributed by atoms with E-state index in [0.717, 1.165) is 10.9 Å². The molecule has 1 aromatic heterocycles. The van der Waals surface area contributed by atoms with Gasteiger partial charge in [-0.25, -0.2) is 0 Å². The van der Waals surface area contributed by atoms with E-state index in [-0.39, 0.29) is 6.42 Å². The maximum atomic E-state index is 11.8. The van der Waals surface area contributed by atoms with E-state index in [0.29, 0.717) is 5.56 Å². The first kappa shape index (κ1) is 14.6. The molecule has 0 saturated heterocycles. The molecular formula is C14H12N2O5-2. The van der Waals surface area contributed by atoms with Crippen LogP contribution in [0.1, 0.15) is 12.0 Å². The number of benzene rings is 1. The summed E-state index contributed by atoms with van der Waals surface area (Å²) < 4.78 is 0. The normalized spacial score (nSPS) is 12.0. The van der Waals surface area contributed by atoms with E-state index in [9.17, 15) is 24.6 Å². The van der Waals surface area contributed by atoms with Crippen LogP contribution < -0.4 is 15.5 Å². The number of nitrogens with one attached hydrogen (secondary N) is 2. The smallest absolute Gasteiger partial charge is 0.225 e. The van der Waals surface area contributed by atoms with E-state index >= 15 is 0 Å². The highest BCUT2D eigenvalue weighted by atomic mass is 16.4. The van der Waals surface area contributed by atoms with Gasteiger partial charge in [0.25, 0.3) is 0 Å². The molecule has 0 aliphatic rings. The first-order valence-corrected chi connectivity index (χ1v) is 6.22. The second kappa shape index (κ2) is 6.08. The minimum Gasteiger partial charge on any atom is -0.550 e. The Kier molecular flexibility index (Phi) is 4.22. The summed E-state index contributed by atoms with van der Waals surface area (Å²) in [7, 11) is 0. The number of hydrogen-bond donors (Lipinski definition) is 2. The second-order valence-electron chi connectivity index (χ2n) is 4.55. The van der Waals surface area contributed by atoms with Gasteiger partial charge in [-0.1, -0.05) is 18.2 Å². The molecule has 0 spiro atoms. The fourth-order valence-corrected chi connectivity index (χ4v) is 2.06. The zero-order valence-electron chi connectivity index (χ0n) is 10.9. The number of carboxylic acid groups (broad SMARTS) is 2. The summed E-state index contributed by atoms with van der Waals surface area (Å²) in [6.07, 6.45) is 0.750. The third-order valence-corrected chi connectivity index (χ3v) is 3.02. The Morgan fingerprint density at radius 2 is 1.90 bits per heavy atom. The molecule has 2 N–H and O–H groups in total. The van der Waals surface area contributed by atoms with Gasteiger partial charge in [0.1, 0.15) is 0 Å². The summed E-state index contributed by atoms with van der Waals surface area (Å²) in [4.78, 5) is 36.0. The number of aliphatic carboxylic acids is 2. The lowest BCUT2D eigenvalue weighted by Gasteiger charge is -2.19. The molecule has 7 nitrogen and oxygen atoms in total. The Hall–Kier alpha value is -2.83. The summed E-state index contributed by atoms with van der Waals surface area (Å²) in [5.74, 6) is -3.83. The van der Waals surface area contributed by atoms with Crippen LogP contribution in [0.3, 0.4) is 0 Å². The van der Waals surface area contributed by atoms with Crippen LogP contribution in [0.5, 0.6) is 0 Å². The van der Waals surface area contributed by atoms with Crippen LogP contribution >= 0.6 is 0 Å². The molecule has 0 fully saturated rings. The van der Waals surface area contributed by atoms with E-state index in [1.54, 1.807) is 6.20 Å². The average molecular weight is 288 g/mol. The maximum Gasteiger partial charge on any atom is 0.225 e. The fourth-order valence-electron chi connectivity index (χ4n) is 2.06. The quantitative estimate of drug-likeness (QED) is 0.641. The number of para-hydroxylation sites is 1. The number of aromatic nitrogens is 1. The van der Waals surface area contributed by atoms with Gasteiger partial charge in [-0.05, 0) is 11.6 Å². The van der Waals surface area contributed by atoms with Gasteiger partial charge in [0.05, 0.1) is 18.4 Å². The molecule has 1 atom stereocenters. The Balaban J connectivity index is 2.07. The number of carboxylic acids is 2. The number of amides is 1. The van der Waals surface area contributed by atoms with Crippen molar-refractivity contribution in [1.82, 2.24) is 10.3 Å². The van der Waals surface area contributed by atoms with Crippen molar-refractivity contribution in [3.63, 3.8) is 0 Å². The van der Waals surface area contributed by atoms with Crippen LogP contribution in [-0.2, 0) is 20.8 Å². The first-order valence-electron chi connectivity index (χ1n) is 6.22. The van der Waals surface area contributed by atoms with Crippen molar-refractivity contribution in [2.45, 2.75) is 18.9 Å². The molecule has 0 radical (unpaired) electrons. The number of hydrogen-bond acceptors (Lipinski definition) is 5. The van der Waals surface area contributed by atoms with E-state index in [4.69, 9.17) is 0 Å². The number of rotatable bonds is 6. The molecule has 21 heavy (non-hydrogen) atoms. The lowest BCUT2D eigenvalue weighted by Crippen LogP contribution is -2.50. The number of H-pyrrole nitrogens is 1. The predicted molar refractivity (Wildman–Crippen MR) is 68.6 cm³/mol. The third kappa shape index (κ3) is 3.59. The molecular weight excluding hydrogens is 276 g/mol. The van der Waals surface area contributed by atoms with Crippen molar-refractivity contribution < 1.29 is 24.6 Å². The van der Waals surface area contributed by atoms with Crippen LogP contribution in [0.2, 0.25) is 0 Å². The summed E-state index contributed by atoms with van der Waals surface area (Å²) in [6, 6.07) is 5.72. The van der Waals surface area contributed by atoms with Crippen molar-refractivity contribution in [3.8, 4) is 0 Å². The number of carbonyl (C=O) groups excluding carboxylic acids is 3. The molecule has 0 aliphatic carbocycles. The van der Waals surface area contributed by atoms with Gasteiger partial charge >= 0.3 is 0 Å². The van der Waals surface area contributed by atoms with Gasteiger partial charge in [-0.3, -0.25) is 4.79 Å². The molecule has 2 aromatic rings. The maximum absolute atomic E-state index is 11.8. The van der Waals surface area contributed by atoms with Gasteiger partial charge in [0.15, 0.2) is 0 Å². The highest BCUT2D eigenvalue weighted by molar-refractivity contribution is 5.91. The van der Waals surface area contributed by atoms with Gasteiger partial charge in [-0.15, -0.1) is 0 Å². The van der Waals surface area contributed by atoms with Gasteiger partial charge in [-0.2, -0.15) is 0 Å². The largest absolute Gasteiger partial charge is 0.550 e. The molecule has 7 heteroatoms. The van der Waals surface area contributed by atoms with Crippen molar-refractivity contribution in [2.24, 2.45) is 0 Å². The average Bonchev–Trinajstić information content (AvgIpc) is 2.81. The van der Waals surface area contributed by atoms with Crippen molar-refractivity contribution in [3.05, 3.63) is 36.0 Å². The van der Waals surface area contributed by atoms with Crippen LogP contribution in [0.15, 0.2) is 30.5 Å². The van der Waals surface area contributed by atoms with Crippen LogP contribution in [0, 0.1) is 0 Å². The summed E-state index contributed by atoms with van der Waals surface area (Å²) in [6.45, 7) is 0. The molecule has 0 aliphatic heterocycles. The molecule has 2 rings (SSSR count). The fraction of sp³-hybridized carbons (Fsp3) is 0.214. The molecule has 1 amide bonds. The van der Waals surface area contributed by atoms with E-state index < -0.39 is 30.3 Å². The zero-order valence-corrected chi connectivity index (χ0v) is 10.9. The van der Waals surface area contributed by atoms with Crippen LogP contribution in [0.4, 0.5) is 0 Å². The molecule has 0 bridgehead atoms. The number of aromatic amines is 1. The second-order valence-corrected chi connectivity index (χ2v) is 4.55. The van der Waals surface area contributed by atoms with E-state index in [2.05, 4.69) is 10.3 Å². The van der Waals surface area contributed by atoms with Crippen molar-refractivity contribution >= 4 is 28.7 Å². The highest BCUT2D eigenvalue weighted by Gasteiger charge is 2.15. The molecule has 110 valence electrons. The zero-order chi connectivity index (χ0) is 15.4. The molecule has 1 heterocycles. The Morgan fingerprint density at radius 1 is 1.19 bits per heavy atom. The predicted octanol–water partition coefficient (Wildman–Crippen LogP) is -1.91. The van der Waals surface area contributed by atoms with E-state index in [1.165, 1.54) is 0 Å². The lowest BCUT2D eigenvalue weighted by atomic mass is 10.1. The number of fused-ring (bicyclic) bond motifs is 1. The van der Waals surface area contributed by atoms with Gasteiger partial charge < -0.3 is 30.1 Å². The van der Waals surface area contributed by atoms with Gasteiger partial charge in [0.2, 0.25) is 5.91 Å². The SMILES string of the molecule is O=C([O-])C[C@H](NC(=O)Cc1c[nH]c2ccccc12)C(=O)[O-]. The van der Waals surface area contributed by atoms with Crippen molar-refractivity contribution in [2.75, 3.05) is 0 Å². The Bertz CT molecular complexity index is 691. The topological polar surface area (TPSA) is 125 Å². The van der Waals surface area contributed by atoms with E-state index in [1.807, 2.05) is 24.3 Å². The highest BCUT2D eigenvalue weighted by Crippen LogP contribution is 2.17. The lowest BCUT2D eigenvalue weighted by molar-refractivity contribution is -0.317. The molecule has 0 saturated carbocycles. The van der Waals surface area contributed by atoms with Gasteiger partial charge in [0, 0.05) is 29.5 Å². The summed E-state index contributed by atoms with van der Waals surface area (Å²) in [5, 5.41) is 24.2. The van der Waals surface area contributed by atoms with Crippen LogP contribution in [0.25, 0.3) is 10.9 Å². The standard InChI is InChI=1S/C14H14N2O5/c17-12(16-11(14(20)21)6-13(18)19)5-8-7-15-10-4-2-1-3-9(8)10/h1-4,7,11,15H,5-6H2,(H,16,17)(H,18,19)(H,20,21)/p-2/t11-/m0/s1. The monoisotopic (exact) mass is 288 g/mol. The summed E-state index contributed by atoms with van der Waals surface area (Å²) in [5.41, 5.74) is 1.54.